The van der Waals surface area contributed by atoms with Gasteiger partial charge in [0.25, 0.3) is 0 Å². The van der Waals surface area contributed by atoms with E-state index in [0.717, 1.165) is 11.8 Å². The number of nitrogens with one attached hydrogen (secondary N) is 1. The monoisotopic (exact) mass is 356 g/mol. The summed E-state index contributed by atoms with van der Waals surface area (Å²) in [6, 6.07) is 5.36. The van der Waals surface area contributed by atoms with Gasteiger partial charge in [0, 0.05) is 26.1 Å². The molecule has 8 heteroatoms. The zero-order valence-corrected chi connectivity index (χ0v) is 15.1. The van der Waals surface area contributed by atoms with Gasteiger partial charge in [-0.05, 0) is 17.7 Å². The van der Waals surface area contributed by atoms with Gasteiger partial charge in [0.1, 0.15) is 0 Å². The number of rotatable bonds is 10. The van der Waals surface area contributed by atoms with Gasteiger partial charge in [-0.2, -0.15) is 4.31 Å². The summed E-state index contributed by atoms with van der Waals surface area (Å²) in [5.41, 5.74) is 0.854. The van der Waals surface area contributed by atoms with Gasteiger partial charge in [-0.3, -0.25) is 4.79 Å². The Morgan fingerprint density at radius 3 is 2.50 bits per heavy atom. The fourth-order valence-electron chi connectivity index (χ4n) is 2.04. The van der Waals surface area contributed by atoms with Gasteiger partial charge in [-0.25, -0.2) is 8.42 Å². The highest BCUT2D eigenvalue weighted by Gasteiger charge is 2.16. The molecule has 1 aromatic rings. The number of nitrogens with zero attached hydrogens (tertiary/aromatic N) is 1. The first-order valence-corrected chi connectivity index (χ1v) is 9.20. The summed E-state index contributed by atoms with van der Waals surface area (Å²) in [4.78, 5) is 11.9. The van der Waals surface area contributed by atoms with Crippen molar-refractivity contribution in [3.63, 3.8) is 0 Å². The largest absolute Gasteiger partial charge is 0.493 e. The Labute approximate surface area is 143 Å². The van der Waals surface area contributed by atoms with E-state index in [0.29, 0.717) is 18.0 Å². The molecule has 1 aromatic carbocycles. The Morgan fingerprint density at radius 1 is 1.29 bits per heavy atom. The molecule has 134 valence electrons. The average molecular weight is 356 g/mol. The van der Waals surface area contributed by atoms with Crippen molar-refractivity contribution in [2.24, 2.45) is 0 Å². The summed E-state index contributed by atoms with van der Waals surface area (Å²) in [7, 11) is -0.262. The molecule has 0 saturated heterocycles. The van der Waals surface area contributed by atoms with Crippen molar-refractivity contribution in [1.82, 2.24) is 9.62 Å². The van der Waals surface area contributed by atoms with Crippen molar-refractivity contribution < 1.29 is 22.7 Å². The zero-order valence-electron chi connectivity index (χ0n) is 14.2. The lowest BCUT2D eigenvalue weighted by atomic mass is 10.2. The SMILES string of the molecule is C=CCN(CCC(=O)NCc1ccc(OC)c(OC)c1)S(C)(=O)=O. The van der Waals surface area contributed by atoms with Gasteiger partial charge in [0.05, 0.1) is 20.5 Å². The first kappa shape index (κ1) is 20.0. The molecule has 0 radical (unpaired) electrons. The summed E-state index contributed by atoms with van der Waals surface area (Å²) in [5, 5.41) is 2.75. The average Bonchev–Trinajstić information content (AvgIpc) is 2.55. The highest BCUT2D eigenvalue weighted by Crippen LogP contribution is 2.27. The van der Waals surface area contributed by atoms with Crippen LogP contribution in [-0.4, -0.2) is 52.2 Å². The van der Waals surface area contributed by atoms with Crippen molar-refractivity contribution in [2.75, 3.05) is 33.6 Å². The summed E-state index contributed by atoms with van der Waals surface area (Å²) in [5.74, 6) is 0.960. The van der Waals surface area contributed by atoms with Crippen LogP contribution >= 0.6 is 0 Å². The molecule has 1 amide bonds. The molecule has 0 aromatic heterocycles. The maximum atomic E-state index is 11.9. The lowest BCUT2D eigenvalue weighted by Gasteiger charge is -2.17. The minimum absolute atomic E-state index is 0.0776. The maximum Gasteiger partial charge on any atom is 0.221 e. The van der Waals surface area contributed by atoms with Crippen molar-refractivity contribution in [2.45, 2.75) is 13.0 Å². The van der Waals surface area contributed by atoms with E-state index in [1.807, 2.05) is 6.07 Å². The summed E-state index contributed by atoms with van der Waals surface area (Å²) < 4.78 is 34.7. The van der Waals surface area contributed by atoms with Gasteiger partial charge >= 0.3 is 0 Å². The van der Waals surface area contributed by atoms with E-state index < -0.39 is 10.0 Å². The zero-order chi connectivity index (χ0) is 18.2. The van der Waals surface area contributed by atoms with Crippen LogP contribution in [0.4, 0.5) is 0 Å². The van der Waals surface area contributed by atoms with E-state index in [2.05, 4.69) is 11.9 Å². The molecule has 0 atom stereocenters. The van der Waals surface area contributed by atoms with Crippen LogP contribution in [0.3, 0.4) is 0 Å². The van der Waals surface area contributed by atoms with E-state index in [1.54, 1.807) is 26.4 Å². The Kier molecular flexibility index (Phi) is 7.73. The molecule has 1 rings (SSSR count). The molecule has 7 nitrogen and oxygen atoms in total. The fraction of sp³-hybridized carbons (Fsp3) is 0.438. The number of methoxy groups -OCH3 is 2. The van der Waals surface area contributed by atoms with Gasteiger partial charge in [-0.15, -0.1) is 6.58 Å². The Bertz CT molecular complexity index is 673. The third-order valence-electron chi connectivity index (χ3n) is 3.33. The highest BCUT2D eigenvalue weighted by atomic mass is 32.2. The number of carbonyl (C=O) groups excluding carboxylic acids is 1. The lowest BCUT2D eigenvalue weighted by molar-refractivity contribution is -0.121. The summed E-state index contributed by atoms with van der Waals surface area (Å²) in [6.07, 6.45) is 2.68. The van der Waals surface area contributed by atoms with E-state index in [4.69, 9.17) is 9.47 Å². The number of carbonyl (C=O) groups is 1. The predicted molar refractivity (Wildman–Crippen MR) is 92.6 cm³/mol. The maximum absolute atomic E-state index is 11.9. The van der Waals surface area contributed by atoms with Crippen LogP contribution in [0, 0.1) is 0 Å². The fourth-order valence-corrected chi connectivity index (χ4v) is 2.84. The van der Waals surface area contributed by atoms with Crippen LogP contribution in [0.5, 0.6) is 11.5 Å². The summed E-state index contributed by atoms with van der Waals surface area (Å²) >= 11 is 0. The summed E-state index contributed by atoms with van der Waals surface area (Å²) in [6.45, 7) is 4.13. The molecule has 0 saturated carbocycles. The molecular weight excluding hydrogens is 332 g/mol. The van der Waals surface area contributed by atoms with Crippen LogP contribution in [0.1, 0.15) is 12.0 Å². The minimum atomic E-state index is -3.35. The minimum Gasteiger partial charge on any atom is -0.493 e. The van der Waals surface area contributed by atoms with Gasteiger partial charge < -0.3 is 14.8 Å². The standard InChI is InChI=1S/C16H24N2O5S/c1-5-9-18(24(4,20)21)10-8-16(19)17-12-13-6-7-14(22-2)15(11-13)23-3/h5-7,11H,1,8-10,12H2,2-4H3,(H,17,19). The van der Waals surface area contributed by atoms with E-state index in [1.165, 1.54) is 10.4 Å². The van der Waals surface area contributed by atoms with Crippen LogP contribution in [0.25, 0.3) is 0 Å². The Balaban J connectivity index is 2.56. The van der Waals surface area contributed by atoms with E-state index in [9.17, 15) is 13.2 Å². The van der Waals surface area contributed by atoms with Crippen LogP contribution < -0.4 is 14.8 Å². The van der Waals surface area contributed by atoms with Crippen LogP contribution in [0.15, 0.2) is 30.9 Å². The first-order valence-electron chi connectivity index (χ1n) is 7.35. The molecule has 0 aliphatic rings. The Hall–Kier alpha value is -2.06. The van der Waals surface area contributed by atoms with E-state index >= 15 is 0 Å². The Morgan fingerprint density at radius 2 is 1.96 bits per heavy atom. The topological polar surface area (TPSA) is 84.9 Å². The first-order chi connectivity index (χ1) is 11.3. The van der Waals surface area contributed by atoms with Gasteiger partial charge in [0.15, 0.2) is 11.5 Å². The number of hydrogen-bond donors (Lipinski definition) is 1. The second-order valence-corrected chi connectivity index (χ2v) is 7.11. The predicted octanol–water partition coefficient (Wildman–Crippen LogP) is 1.16. The quantitative estimate of drug-likeness (QED) is 0.636. The van der Waals surface area contributed by atoms with Crippen molar-refractivity contribution in [1.29, 1.82) is 0 Å². The van der Waals surface area contributed by atoms with Crippen LogP contribution in [0.2, 0.25) is 0 Å². The molecular formula is C16H24N2O5S. The smallest absolute Gasteiger partial charge is 0.221 e. The molecule has 0 heterocycles. The molecule has 1 N–H and O–H groups in total. The number of amides is 1. The number of benzene rings is 1. The number of sulfonamides is 1. The number of hydrogen-bond acceptors (Lipinski definition) is 5. The second-order valence-electron chi connectivity index (χ2n) is 5.13. The lowest BCUT2D eigenvalue weighted by Crippen LogP contribution is -2.34. The third kappa shape index (κ3) is 6.21. The molecule has 0 unspecified atom stereocenters. The van der Waals surface area contributed by atoms with Crippen molar-refractivity contribution in [3.8, 4) is 11.5 Å². The van der Waals surface area contributed by atoms with Crippen molar-refractivity contribution in [3.05, 3.63) is 36.4 Å². The molecule has 0 aliphatic heterocycles. The number of ether oxygens (including phenoxy) is 2. The second kappa shape index (κ2) is 9.29. The molecule has 0 aliphatic carbocycles. The molecule has 0 bridgehead atoms. The van der Waals surface area contributed by atoms with Crippen molar-refractivity contribution >= 4 is 15.9 Å². The molecule has 24 heavy (non-hydrogen) atoms. The van der Waals surface area contributed by atoms with Crippen LogP contribution in [-0.2, 0) is 21.4 Å². The van der Waals surface area contributed by atoms with Gasteiger partial charge in [0.2, 0.25) is 15.9 Å². The highest BCUT2D eigenvalue weighted by molar-refractivity contribution is 7.88. The molecule has 0 fully saturated rings. The van der Waals surface area contributed by atoms with Gasteiger partial charge in [-0.1, -0.05) is 12.1 Å². The normalized spacial score (nSPS) is 11.2. The van der Waals surface area contributed by atoms with E-state index in [-0.39, 0.29) is 25.4 Å². The third-order valence-corrected chi connectivity index (χ3v) is 4.60. The molecule has 0 spiro atoms.